The predicted octanol–water partition coefficient (Wildman–Crippen LogP) is 1.06. The maximum absolute atomic E-state index is 13.2. The zero-order valence-electron chi connectivity index (χ0n) is 24.2. The van der Waals surface area contributed by atoms with E-state index < -0.39 is 59.8 Å². The van der Waals surface area contributed by atoms with Crippen molar-refractivity contribution in [2.24, 2.45) is 17.6 Å². The molecular formula is C28H45N5O6S. The molecule has 4 amide bonds. The highest BCUT2D eigenvalue weighted by molar-refractivity contribution is 7.98. The van der Waals surface area contributed by atoms with Gasteiger partial charge in [0, 0.05) is 6.42 Å². The number of carboxylic acid groups (broad SMARTS) is 1. The van der Waals surface area contributed by atoms with Gasteiger partial charge >= 0.3 is 5.97 Å². The molecule has 0 saturated heterocycles. The Morgan fingerprint density at radius 1 is 0.825 bits per heavy atom. The van der Waals surface area contributed by atoms with Crippen molar-refractivity contribution in [1.29, 1.82) is 0 Å². The monoisotopic (exact) mass is 579 g/mol. The van der Waals surface area contributed by atoms with Crippen LogP contribution in [0.3, 0.4) is 0 Å². The van der Waals surface area contributed by atoms with Crippen LogP contribution in [-0.2, 0) is 30.4 Å². The van der Waals surface area contributed by atoms with E-state index in [1.165, 1.54) is 18.7 Å². The van der Waals surface area contributed by atoms with Gasteiger partial charge in [0.1, 0.15) is 24.2 Å². The SMILES string of the molecule is CSCC[C@H](NC(=O)[C@@H](NC(=O)[C@@H](N)CC(C)C)C(C)C)C(=O)N[C@@H](C)C(=O)N[C@@H](Cc1ccccc1)C(=O)O. The van der Waals surface area contributed by atoms with Gasteiger partial charge in [-0.1, -0.05) is 58.0 Å². The van der Waals surface area contributed by atoms with Crippen LogP contribution in [0.15, 0.2) is 30.3 Å². The highest BCUT2D eigenvalue weighted by Gasteiger charge is 2.31. The maximum Gasteiger partial charge on any atom is 0.326 e. The van der Waals surface area contributed by atoms with E-state index in [0.29, 0.717) is 12.2 Å². The summed E-state index contributed by atoms with van der Waals surface area (Å²) < 4.78 is 0. The summed E-state index contributed by atoms with van der Waals surface area (Å²) in [7, 11) is 0. The first-order chi connectivity index (χ1) is 18.8. The number of thioether (sulfide) groups is 1. The lowest BCUT2D eigenvalue weighted by molar-refractivity contribution is -0.142. The van der Waals surface area contributed by atoms with Gasteiger partial charge in [-0.15, -0.1) is 0 Å². The summed E-state index contributed by atoms with van der Waals surface area (Å²) in [6.07, 6.45) is 2.69. The molecule has 0 aliphatic rings. The average molecular weight is 580 g/mol. The standard InChI is InChI=1S/C28H45N5O6S/c1-16(2)14-20(29)25(35)33-23(17(3)4)27(37)31-21(12-13-40-6)26(36)30-18(5)24(34)32-22(28(38)39)15-19-10-8-7-9-11-19/h7-11,16-18,20-23H,12-15,29H2,1-6H3,(H,30,36)(H,31,37)(H,32,34)(H,33,35)(H,38,39)/t18-,20-,21-,22-,23-/m0/s1. The van der Waals surface area contributed by atoms with E-state index in [1.54, 1.807) is 44.2 Å². The fourth-order valence-corrected chi connectivity index (χ4v) is 4.37. The number of benzene rings is 1. The molecule has 40 heavy (non-hydrogen) atoms. The van der Waals surface area contributed by atoms with Gasteiger partial charge in [-0.25, -0.2) is 4.79 Å². The van der Waals surface area contributed by atoms with Crippen LogP contribution in [0.25, 0.3) is 0 Å². The van der Waals surface area contributed by atoms with E-state index in [4.69, 9.17) is 5.73 Å². The number of aliphatic carboxylic acids is 1. The molecule has 0 fully saturated rings. The predicted molar refractivity (Wildman–Crippen MR) is 156 cm³/mol. The number of carbonyl (C=O) groups is 5. The molecule has 224 valence electrons. The number of carbonyl (C=O) groups excluding carboxylic acids is 4. The number of rotatable bonds is 17. The molecular weight excluding hydrogens is 534 g/mol. The Bertz CT molecular complexity index is 991. The number of hydrogen-bond donors (Lipinski definition) is 6. The Morgan fingerprint density at radius 2 is 1.43 bits per heavy atom. The first-order valence-electron chi connectivity index (χ1n) is 13.5. The van der Waals surface area contributed by atoms with Crippen LogP contribution in [0, 0.1) is 11.8 Å². The van der Waals surface area contributed by atoms with E-state index in [1.807, 2.05) is 20.1 Å². The summed E-state index contributed by atoms with van der Waals surface area (Å²) in [6, 6.07) is 3.99. The fraction of sp³-hybridized carbons (Fsp3) is 0.607. The zero-order chi connectivity index (χ0) is 30.4. The van der Waals surface area contributed by atoms with Crippen LogP contribution in [0.1, 0.15) is 53.0 Å². The second kappa shape index (κ2) is 17.5. The lowest BCUT2D eigenvalue weighted by atomic mass is 10.00. The quantitative estimate of drug-likeness (QED) is 0.158. The topological polar surface area (TPSA) is 180 Å². The minimum absolute atomic E-state index is 0.0815. The van der Waals surface area contributed by atoms with Gasteiger partial charge < -0.3 is 32.1 Å². The summed E-state index contributed by atoms with van der Waals surface area (Å²) in [5.41, 5.74) is 6.72. The third-order valence-electron chi connectivity index (χ3n) is 6.20. The van der Waals surface area contributed by atoms with E-state index in [0.717, 1.165) is 5.56 Å². The highest BCUT2D eigenvalue weighted by atomic mass is 32.2. The minimum Gasteiger partial charge on any atom is -0.480 e. The Hall–Kier alpha value is -3.12. The third-order valence-corrected chi connectivity index (χ3v) is 6.85. The Labute approximate surface area is 241 Å². The normalized spacial score (nSPS) is 14.9. The highest BCUT2D eigenvalue weighted by Crippen LogP contribution is 2.09. The number of nitrogens with one attached hydrogen (secondary N) is 4. The average Bonchev–Trinajstić information content (AvgIpc) is 2.88. The van der Waals surface area contributed by atoms with E-state index in [9.17, 15) is 29.1 Å². The summed E-state index contributed by atoms with van der Waals surface area (Å²) in [6.45, 7) is 8.88. The van der Waals surface area contributed by atoms with Crippen LogP contribution in [0.2, 0.25) is 0 Å². The van der Waals surface area contributed by atoms with Crippen molar-refractivity contribution in [1.82, 2.24) is 21.3 Å². The second-order valence-electron chi connectivity index (χ2n) is 10.6. The molecule has 1 rings (SSSR count). The Kier molecular flexibility index (Phi) is 15.3. The first-order valence-corrected chi connectivity index (χ1v) is 14.9. The van der Waals surface area contributed by atoms with Gasteiger partial charge in [-0.2, -0.15) is 11.8 Å². The summed E-state index contributed by atoms with van der Waals surface area (Å²) >= 11 is 1.48. The summed E-state index contributed by atoms with van der Waals surface area (Å²) in [5, 5.41) is 20.0. The van der Waals surface area contributed by atoms with Gasteiger partial charge in [0.15, 0.2) is 0 Å². The molecule has 0 radical (unpaired) electrons. The Morgan fingerprint density at radius 3 is 1.95 bits per heavy atom. The molecule has 5 atom stereocenters. The molecule has 11 nitrogen and oxygen atoms in total. The number of amides is 4. The molecule has 1 aromatic carbocycles. The molecule has 12 heteroatoms. The lowest BCUT2D eigenvalue weighted by Crippen LogP contribution is -2.59. The number of hydrogen-bond acceptors (Lipinski definition) is 7. The second-order valence-corrected chi connectivity index (χ2v) is 11.6. The van der Waals surface area contributed by atoms with E-state index in [-0.39, 0.29) is 24.7 Å². The van der Waals surface area contributed by atoms with Crippen molar-refractivity contribution in [3.63, 3.8) is 0 Å². The molecule has 0 aromatic heterocycles. The van der Waals surface area contributed by atoms with Crippen molar-refractivity contribution in [2.45, 2.75) is 84.1 Å². The summed E-state index contributed by atoms with van der Waals surface area (Å²) in [4.78, 5) is 63.3. The van der Waals surface area contributed by atoms with Gasteiger partial charge in [0.25, 0.3) is 0 Å². The number of nitrogens with two attached hydrogens (primary N) is 1. The van der Waals surface area contributed by atoms with E-state index in [2.05, 4.69) is 21.3 Å². The first kappa shape index (κ1) is 34.9. The van der Waals surface area contributed by atoms with Gasteiger partial charge in [0.2, 0.25) is 23.6 Å². The molecule has 0 unspecified atom stereocenters. The van der Waals surface area contributed by atoms with Crippen LogP contribution in [0.4, 0.5) is 0 Å². The van der Waals surface area contributed by atoms with Crippen molar-refractivity contribution in [2.75, 3.05) is 12.0 Å². The van der Waals surface area contributed by atoms with Gasteiger partial charge in [-0.05, 0) is 49.2 Å². The van der Waals surface area contributed by atoms with Crippen LogP contribution >= 0.6 is 11.8 Å². The summed E-state index contributed by atoms with van der Waals surface area (Å²) in [5.74, 6) is -2.96. The molecule has 0 bridgehead atoms. The van der Waals surface area contributed by atoms with Gasteiger partial charge in [0.05, 0.1) is 6.04 Å². The third kappa shape index (κ3) is 12.4. The smallest absolute Gasteiger partial charge is 0.326 e. The van der Waals surface area contributed by atoms with Crippen molar-refractivity contribution < 1.29 is 29.1 Å². The van der Waals surface area contributed by atoms with Crippen molar-refractivity contribution in [3.8, 4) is 0 Å². The Balaban J connectivity index is 2.89. The number of carboxylic acids is 1. The van der Waals surface area contributed by atoms with Crippen molar-refractivity contribution in [3.05, 3.63) is 35.9 Å². The minimum atomic E-state index is -1.20. The zero-order valence-corrected chi connectivity index (χ0v) is 25.0. The van der Waals surface area contributed by atoms with Crippen LogP contribution in [0.5, 0.6) is 0 Å². The largest absolute Gasteiger partial charge is 0.480 e. The van der Waals surface area contributed by atoms with Crippen LogP contribution < -0.4 is 27.0 Å². The molecule has 1 aromatic rings. The molecule has 0 saturated carbocycles. The fourth-order valence-electron chi connectivity index (χ4n) is 3.90. The van der Waals surface area contributed by atoms with Crippen molar-refractivity contribution >= 4 is 41.4 Å². The van der Waals surface area contributed by atoms with Crippen LogP contribution in [-0.4, -0.2) is 76.9 Å². The molecule has 0 heterocycles. The molecule has 0 aliphatic carbocycles. The molecule has 7 N–H and O–H groups in total. The maximum atomic E-state index is 13.2. The lowest BCUT2D eigenvalue weighted by Gasteiger charge is -2.27. The molecule has 0 aliphatic heterocycles. The van der Waals surface area contributed by atoms with Gasteiger partial charge in [-0.3, -0.25) is 19.2 Å². The molecule has 0 spiro atoms. The van der Waals surface area contributed by atoms with E-state index >= 15 is 0 Å².